The molecule has 19 nitrogen and oxygen atoms in total. The lowest BCUT2D eigenvalue weighted by Gasteiger charge is -2.48. The third-order valence-electron chi connectivity index (χ3n) is 11.9. The van der Waals surface area contributed by atoms with E-state index in [2.05, 4.69) is 43.5 Å². The third-order valence-corrected chi connectivity index (χ3v) is 11.9. The number of nitrogens with one attached hydrogen (secondary N) is 1. The Bertz CT molecular complexity index is 1350. The maximum absolute atomic E-state index is 13.1. The van der Waals surface area contributed by atoms with Gasteiger partial charge in [0.2, 0.25) is 5.91 Å². The largest absolute Gasteiger partial charge is 0.394 e. The van der Waals surface area contributed by atoms with Gasteiger partial charge in [-0.3, -0.25) is 4.79 Å². The number of ether oxygens (including phenoxy) is 6. The third kappa shape index (κ3) is 18.8. The molecular weight excluding hydrogens is 854 g/mol. The van der Waals surface area contributed by atoms with Gasteiger partial charge in [0.25, 0.3) is 0 Å². The van der Waals surface area contributed by atoms with E-state index in [1.54, 1.807) is 12.2 Å². The van der Waals surface area contributed by atoms with Crippen molar-refractivity contribution in [1.29, 1.82) is 0 Å². The van der Waals surface area contributed by atoms with Crippen LogP contribution in [0.15, 0.2) is 36.5 Å². The van der Waals surface area contributed by atoms with Crippen LogP contribution in [0.25, 0.3) is 0 Å². The summed E-state index contributed by atoms with van der Waals surface area (Å²) in [6.45, 7) is 1.49. The van der Waals surface area contributed by atoms with Crippen LogP contribution in [0.3, 0.4) is 0 Å². The van der Waals surface area contributed by atoms with Crippen molar-refractivity contribution < 1.29 is 89.4 Å². The number of amides is 1. The van der Waals surface area contributed by atoms with E-state index in [1.165, 1.54) is 25.7 Å². The average Bonchev–Trinajstić information content (AvgIpc) is 3.30. The zero-order valence-corrected chi connectivity index (χ0v) is 38.2. The maximum Gasteiger partial charge on any atom is 0.220 e. The minimum Gasteiger partial charge on any atom is -0.394 e. The molecular formula is C46H81NO18. The summed E-state index contributed by atoms with van der Waals surface area (Å²) < 4.78 is 33.9. The Morgan fingerprint density at radius 3 is 1.60 bits per heavy atom. The van der Waals surface area contributed by atoms with E-state index in [0.29, 0.717) is 12.8 Å². The number of rotatable bonds is 31. The van der Waals surface area contributed by atoms with E-state index in [-0.39, 0.29) is 18.9 Å². The molecule has 12 N–H and O–H groups in total. The summed E-state index contributed by atoms with van der Waals surface area (Å²) in [5.41, 5.74) is 0. The molecule has 3 saturated heterocycles. The van der Waals surface area contributed by atoms with Crippen molar-refractivity contribution in [1.82, 2.24) is 5.32 Å². The number of hydrogen-bond donors (Lipinski definition) is 12. The summed E-state index contributed by atoms with van der Waals surface area (Å²) in [4.78, 5) is 13.1. The lowest BCUT2D eigenvalue weighted by atomic mass is 9.96. The van der Waals surface area contributed by atoms with Crippen LogP contribution < -0.4 is 5.32 Å². The highest BCUT2D eigenvalue weighted by Crippen LogP contribution is 2.33. The van der Waals surface area contributed by atoms with Crippen LogP contribution in [0.5, 0.6) is 0 Å². The number of unbranched alkanes of at least 4 members (excludes halogenated alkanes) is 11. The fraction of sp³-hybridized carbons (Fsp3) is 0.848. The first-order valence-electron chi connectivity index (χ1n) is 23.7. The van der Waals surface area contributed by atoms with Crippen LogP contribution in [-0.4, -0.2) is 193 Å². The first kappa shape index (κ1) is 57.3. The van der Waals surface area contributed by atoms with Crippen LogP contribution in [0.4, 0.5) is 0 Å². The summed E-state index contributed by atoms with van der Waals surface area (Å²) in [6.07, 6.45) is 0.629. The van der Waals surface area contributed by atoms with Crippen molar-refractivity contribution >= 4 is 5.91 Å². The fourth-order valence-electron chi connectivity index (χ4n) is 7.85. The Balaban J connectivity index is 1.58. The second kappa shape index (κ2) is 31.9. The standard InChI is InChI=1S/C46H81NO18/c1-3-5-7-9-11-12-13-14-15-16-18-20-22-24-34(52)47-29(30(51)23-21-19-17-10-8-6-4-2)28-60-44-40(58)37(55)42(32(26-49)62-44)65-46-41(59)38(56)43(33(27-50)63-46)64-45-39(57)36(54)35(53)31(25-48)61-45/h8,10,12-13,21,23,29-33,35-46,48-51,53-59H,3-7,9,11,14-20,22,24-28H2,1-2H3,(H,47,52)/b10-8+,13-12-,23-21+. The number of aliphatic hydroxyl groups is 11. The van der Waals surface area contributed by atoms with Crippen molar-refractivity contribution in [3.8, 4) is 0 Å². The van der Waals surface area contributed by atoms with E-state index in [1.807, 2.05) is 0 Å². The second-order valence-corrected chi connectivity index (χ2v) is 17.2. The van der Waals surface area contributed by atoms with Crippen molar-refractivity contribution in [3.63, 3.8) is 0 Å². The molecule has 17 atom stereocenters. The first-order valence-corrected chi connectivity index (χ1v) is 23.7. The molecule has 65 heavy (non-hydrogen) atoms. The van der Waals surface area contributed by atoms with Crippen molar-refractivity contribution in [2.24, 2.45) is 0 Å². The zero-order valence-electron chi connectivity index (χ0n) is 38.2. The smallest absolute Gasteiger partial charge is 0.220 e. The molecule has 3 heterocycles. The molecule has 0 aromatic rings. The van der Waals surface area contributed by atoms with E-state index in [0.717, 1.165) is 57.8 Å². The molecule has 3 aliphatic heterocycles. The van der Waals surface area contributed by atoms with Gasteiger partial charge in [0.1, 0.15) is 73.2 Å². The molecule has 0 aromatic heterocycles. The zero-order chi connectivity index (χ0) is 47.7. The molecule has 19 heteroatoms. The highest BCUT2D eigenvalue weighted by Gasteiger charge is 2.53. The van der Waals surface area contributed by atoms with Gasteiger partial charge in [-0.1, -0.05) is 95.2 Å². The number of carbonyl (C=O) groups excluding carboxylic acids is 1. The normalized spacial score (nSPS) is 34.4. The second-order valence-electron chi connectivity index (χ2n) is 17.2. The van der Waals surface area contributed by atoms with Gasteiger partial charge in [-0.15, -0.1) is 0 Å². The molecule has 0 aliphatic carbocycles. The van der Waals surface area contributed by atoms with E-state index >= 15 is 0 Å². The summed E-state index contributed by atoms with van der Waals surface area (Å²) in [6, 6.07) is -0.988. The average molecular weight is 936 g/mol. The van der Waals surface area contributed by atoms with Crippen molar-refractivity contribution in [2.75, 3.05) is 26.4 Å². The molecule has 17 unspecified atom stereocenters. The highest BCUT2D eigenvalue weighted by atomic mass is 16.8. The summed E-state index contributed by atoms with van der Waals surface area (Å²) in [5, 5.41) is 119. The van der Waals surface area contributed by atoms with Crippen LogP contribution in [0, 0.1) is 0 Å². The summed E-state index contributed by atoms with van der Waals surface area (Å²) in [5.74, 6) is -0.304. The molecule has 3 aliphatic rings. The van der Waals surface area contributed by atoms with Crippen molar-refractivity contribution in [2.45, 2.75) is 221 Å². The van der Waals surface area contributed by atoms with E-state index in [4.69, 9.17) is 28.4 Å². The molecule has 0 aromatic carbocycles. The van der Waals surface area contributed by atoms with Gasteiger partial charge >= 0.3 is 0 Å². The minimum atomic E-state index is -1.98. The molecule has 3 rings (SSSR count). The molecule has 0 saturated carbocycles. The summed E-state index contributed by atoms with van der Waals surface area (Å²) >= 11 is 0. The highest BCUT2D eigenvalue weighted by molar-refractivity contribution is 5.76. The van der Waals surface area contributed by atoms with Crippen LogP contribution >= 0.6 is 0 Å². The van der Waals surface area contributed by atoms with Crippen LogP contribution in [0.1, 0.15) is 117 Å². The Kier molecular flexibility index (Phi) is 28.2. The first-order chi connectivity index (χ1) is 31.3. The maximum atomic E-state index is 13.1. The van der Waals surface area contributed by atoms with Gasteiger partial charge in [-0.2, -0.15) is 0 Å². The molecule has 0 spiro atoms. The SMILES string of the molecule is CCC/C=C/CC/C=C/C(O)C(COC1OC(CO)C(OC2OC(CO)C(OC3OC(CO)C(O)C(O)C3O)C(O)C2O)C(O)C1O)NC(=O)CCCCCCC/C=C\CCCCCC. The number of aliphatic hydroxyl groups excluding tert-OH is 11. The van der Waals surface area contributed by atoms with Gasteiger partial charge < -0.3 is 89.9 Å². The fourth-order valence-corrected chi connectivity index (χ4v) is 7.85. The monoisotopic (exact) mass is 936 g/mol. The van der Waals surface area contributed by atoms with Gasteiger partial charge in [-0.25, -0.2) is 0 Å². The van der Waals surface area contributed by atoms with Gasteiger partial charge in [0.05, 0.1) is 38.6 Å². The van der Waals surface area contributed by atoms with Gasteiger partial charge in [0.15, 0.2) is 18.9 Å². The van der Waals surface area contributed by atoms with Crippen molar-refractivity contribution in [3.05, 3.63) is 36.5 Å². The Morgan fingerprint density at radius 1 is 0.538 bits per heavy atom. The minimum absolute atomic E-state index is 0.223. The number of allylic oxidation sites excluding steroid dienone is 5. The van der Waals surface area contributed by atoms with E-state index < -0.39 is 124 Å². The molecule has 0 radical (unpaired) electrons. The number of carbonyl (C=O) groups is 1. The topological polar surface area (TPSA) is 307 Å². The predicted octanol–water partition coefficient (Wildman–Crippen LogP) is 0.247. The Labute approximate surface area is 383 Å². The quantitative estimate of drug-likeness (QED) is 0.0328. The molecule has 0 bridgehead atoms. The lowest BCUT2D eigenvalue weighted by Crippen LogP contribution is -2.66. The Hall–Kier alpha value is -1.99. The molecule has 3 fully saturated rings. The van der Waals surface area contributed by atoms with Gasteiger partial charge in [-0.05, 0) is 51.4 Å². The van der Waals surface area contributed by atoms with Crippen LogP contribution in [0.2, 0.25) is 0 Å². The molecule has 1 amide bonds. The summed E-state index contributed by atoms with van der Waals surface area (Å²) in [7, 11) is 0. The number of hydrogen-bond acceptors (Lipinski definition) is 18. The van der Waals surface area contributed by atoms with E-state index in [9.17, 15) is 61.0 Å². The Morgan fingerprint density at radius 2 is 1.02 bits per heavy atom. The predicted molar refractivity (Wildman–Crippen MR) is 236 cm³/mol. The molecule has 378 valence electrons. The lowest BCUT2D eigenvalue weighted by molar-refractivity contribution is -0.379. The van der Waals surface area contributed by atoms with Crippen LogP contribution in [-0.2, 0) is 33.2 Å². The van der Waals surface area contributed by atoms with Gasteiger partial charge in [0, 0.05) is 6.42 Å².